The smallest absolute Gasteiger partial charge is 0.155 e. The van der Waals surface area contributed by atoms with Gasteiger partial charge in [-0.1, -0.05) is 30.3 Å². The zero-order valence-electron chi connectivity index (χ0n) is 12.4. The lowest BCUT2D eigenvalue weighted by Gasteiger charge is -2.30. The van der Waals surface area contributed by atoms with Gasteiger partial charge < -0.3 is 10.1 Å². The number of benzene rings is 1. The van der Waals surface area contributed by atoms with Gasteiger partial charge in [-0.05, 0) is 31.2 Å². The van der Waals surface area contributed by atoms with Crippen molar-refractivity contribution < 1.29 is 13.2 Å². The molecule has 0 aromatic heterocycles. The maximum Gasteiger partial charge on any atom is 0.155 e. The van der Waals surface area contributed by atoms with Crippen molar-refractivity contribution in [3.8, 4) is 0 Å². The van der Waals surface area contributed by atoms with Gasteiger partial charge in [0, 0.05) is 18.8 Å². The van der Waals surface area contributed by atoms with Gasteiger partial charge in [0.15, 0.2) is 9.84 Å². The van der Waals surface area contributed by atoms with E-state index < -0.39 is 15.1 Å². The van der Waals surface area contributed by atoms with Gasteiger partial charge in [0.2, 0.25) is 0 Å². The molecule has 2 bridgehead atoms. The molecule has 0 radical (unpaired) electrons. The first-order valence-corrected chi connectivity index (χ1v) is 9.60. The molecule has 116 valence electrons. The fourth-order valence-corrected chi connectivity index (χ4v) is 4.53. The van der Waals surface area contributed by atoms with E-state index in [1.54, 1.807) is 0 Å². The summed E-state index contributed by atoms with van der Waals surface area (Å²) in [5, 5.41) is 3.00. The Morgan fingerprint density at radius 2 is 1.81 bits per heavy atom. The highest BCUT2D eigenvalue weighted by atomic mass is 32.2. The zero-order chi connectivity index (χ0) is 14.9. The monoisotopic (exact) mass is 309 g/mol. The Morgan fingerprint density at radius 1 is 1.19 bits per heavy atom. The topological polar surface area (TPSA) is 55.4 Å². The van der Waals surface area contributed by atoms with Crippen LogP contribution in [-0.4, -0.2) is 39.5 Å². The number of hydrogen-bond donors (Lipinski definition) is 1. The molecule has 5 heteroatoms. The van der Waals surface area contributed by atoms with Crippen molar-refractivity contribution in [3.63, 3.8) is 0 Å². The summed E-state index contributed by atoms with van der Waals surface area (Å²) >= 11 is 0. The third kappa shape index (κ3) is 3.65. The van der Waals surface area contributed by atoms with E-state index in [0.29, 0.717) is 24.8 Å². The summed E-state index contributed by atoms with van der Waals surface area (Å²) in [6.45, 7) is 0.479. The average Bonchev–Trinajstić information content (AvgIpc) is 2.78. The van der Waals surface area contributed by atoms with Crippen LogP contribution in [0, 0.1) is 0 Å². The molecule has 1 aromatic rings. The van der Waals surface area contributed by atoms with Crippen molar-refractivity contribution in [2.45, 2.75) is 49.2 Å². The summed E-state index contributed by atoms with van der Waals surface area (Å²) in [6, 6.07) is 9.85. The predicted octanol–water partition coefficient (Wildman–Crippen LogP) is 2.07. The number of sulfone groups is 1. The lowest BCUT2D eigenvalue weighted by atomic mass is 10.0. The normalized spacial score (nSPS) is 30.2. The highest BCUT2D eigenvalue weighted by Crippen LogP contribution is 2.32. The lowest BCUT2D eigenvalue weighted by Crippen LogP contribution is -2.41. The fraction of sp³-hybridized carbons (Fsp3) is 0.625. The van der Waals surface area contributed by atoms with Crippen LogP contribution in [0.25, 0.3) is 0 Å². The first-order chi connectivity index (χ1) is 10.0. The van der Waals surface area contributed by atoms with Crippen LogP contribution in [-0.2, 0) is 14.6 Å². The van der Waals surface area contributed by atoms with Crippen LogP contribution in [0.5, 0.6) is 0 Å². The molecule has 4 nitrogen and oxygen atoms in total. The molecule has 2 aliphatic rings. The summed E-state index contributed by atoms with van der Waals surface area (Å²) in [6.07, 6.45) is 6.36. The fourth-order valence-electron chi connectivity index (χ4n) is 3.48. The van der Waals surface area contributed by atoms with E-state index in [2.05, 4.69) is 5.32 Å². The SMILES string of the molecule is CS(=O)(=O)C(CNC1CC2CCC(C1)O2)c1ccccc1. The molecule has 1 aromatic carbocycles. The number of fused-ring (bicyclic) bond motifs is 2. The highest BCUT2D eigenvalue weighted by molar-refractivity contribution is 7.91. The molecular formula is C16H23NO3S. The standard InChI is InChI=1S/C16H23NO3S/c1-21(18,19)16(12-5-3-2-4-6-12)11-17-13-9-14-7-8-15(10-13)20-14/h2-6,13-17H,7-11H2,1H3. The van der Waals surface area contributed by atoms with Crippen LogP contribution in [0.1, 0.15) is 36.5 Å². The maximum absolute atomic E-state index is 12.1. The van der Waals surface area contributed by atoms with Gasteiger partial charge in [0.05, 0.1) is 17.5 Å². The number of rotatable bonds is 5. The summed E-state index contributed by atoms with van der Waals surface area (Å²) in [5.41, 5.74) is 0.863. The molecule has 3 unspecified atom stereocenters. The van der Waals surface area contributed by atoms with Gasteiger partial charge in [0.25, 0.3) is 0 Å². The molecule has 21 heavy (non-hydrogen) atoms. The average molecular weight is 309 g/mol. The minimum absolute atomic E-state index is 0.370. The quantitative estimate of drug-likeness (QED) is 0.905. The van der Waals surface area contributed by atoms with E-state index in [1.165, 1.54) is 6.26 Å². The summed E-state index contributed by atoms with van der Waals surface area (Å²) in [5.74, 6) is 0. The first-order valence-electron chi connectivity index (χ1n) is 7.65. The zero-order valence-corrected chi connectivity index (χ0v) is 13.2. The highest BCUT2D eigenvalue weighted by Gasteiger charge is 2.35. The van der Waals surface area contributed by atoms with Gasteiger partial charge in [-0.2, -0.15) is 0 Å². The third-order valence-corrected chi connectivity index (χ3v) is 6.04. The molecule has 2 saturated heterocycles. The van der Waals surface area contributed by atoms with Gasteiger partial charge in [0.1, 0.15) is 0 Å². The Morgan fingerprint density at radius 3 is 2.38 bits per heavy atom. The predicted molar refractivity (Wildman–Crippen MR) is 82.9 cm³/mol. The molecule has 2 aliphatic heterocycles. The van der Waals surface area contributed by atoms with E-state index in [4.69, 9.17) is 4.74 Å². The third-order valence-electron chi connectivity index (χ3n) is 4.57. The van der Waals surface area contributed by atoms with E-state index in [0.717, 1.165) is 31.2 Å². The second kappa shape index (κ2) is 6.07. The molecule has 2 heterocycles. The van der Waals surface area contributed by atoms with E-state index >= 15 is 0 Å². The summed E-state index contributed by atoms with van der Waals surface area (Å²) in [7, 11) is -3.12. The number of ether oxygens (including phenoxy) is 1. The molecule has 3 rings (SSSR count). The second-order valence-electron chi connectivity index (χ2n) is 6.26. The molecule has 0 spiro atoms. The number of nitrogens with one attached hydrogen (secondary N) is 1. The Balaban J connectivity index is 1.66. The van der Waals surface area contributed by atoms with E-state index in [1.807, 2.05) is 30.3 Å². The van der Waals surface area contributed by atoms with E-state index in [9.17, 15) is 8.42 Å². The van der Waals surface area contributed by atoms with Crippen molar-refractivity contribution in [1.82, 2.24) is 5.32 Å². The Kier molecular flexibility index (Phi) is 4.33. The first kappa shape index (κ1) is 15.0. The molecular weight excluding hydrogens is 286 g/mol. The van der Waals surface area contributed by atoms with Crippen LogP contribution in [0.4, 0.5) is 0 Å². The second-order valence-corrected chi connectivity index (χ2v) is 8.49. The summed E-state index contributed by atoms with van der Waals surface area (Å²) in [4.78, 5) is 0. The van der Waals surface area contributed by atoms with Gasteiger partial charge in [-0.15, -0.1) is 0 Å². The van der Waals surface area contributed by atoms with Gasteiger partial charge in [-0.25, -0.2) is 8.42 Å². The van der Waals surface area contributed by atoms with Crippen molar-refractivity contribution in [3.05, 3.63) is 35.9 Å². The molecule has 0 amide bonds. The van der Waals surface area contributed by atoms with Crippen LogP contribution in [0.2, 0.25) is 0 Å². The van der Waals surface area contributed by atoms with Crippen molar-refractivity contribution >= 4 is 9.84 Å². The van der Waals surface area contributed by atoms with Crippen LogP contribution >= 0.6 is 0 Å². The molecule has 0 aliphatic carbocycles. The van der Waals surface area contributed by atoms with E-state index in [-0.39, 0.29) is 0 Å². The van der Waals surface area contributed by atoms with Gasteiger partial charge >= 0.3 is 0 Å². The largest absolute Gasteiger partial charge is 0.375 e. The van der Waals surface area contributed by atoms with Gasteiger partial charge in [-0.3, -0.25) is 0 Å². The lowest BCUT2D eigenvalue weighted by molar-refractivity contribution is -0.00852. The Bertz CT molecular complexity index is 560. The molecule has 0 saturated carbocycles. The molecule has 3 atom stereocenters. The van der Waals surface area contributed by atoms with Crippen LogP contribution in [0.15, 0.2) is 30.3 Å². The van der Waals surface area contributed by atoms with Crippen molar-refractivity contribution in [2.24, 2.45) is 0 Å². The minimum atomic E-state index is -3.12. The molecule has 1 N–H and O–H groups in total. The Labute approximate surface area is 126 Å². The maximum atomic E-state index is 12.1. The van der Waals surface area contributed by atoms with Crippen LogP contribution in [0.3, 0.4) is 0 Å². The number of hydrogen-bond acceptors (Lipinski definition) is 4. The van der Waals surface area contributed by atoms with Crippen molar-refractivity contribution in [2.75, 3.05) is 12.8 Å². The van der Waals surface area contributed by atoms with Crippen LogP contribution < -0.4 is 5.32 Å². The molecule has 2 fully saturated rings. The van der Waals surface area contributed by atoms with Crippen molar-refractivity contribution in [1.29, 1.82) is 0 Å². The minimum Gasteiger partial charge on any atom is -0.375 e. The summed E-state index contributed by atoms with van der Waals surface area (Å²) < 4.78 is 30.0. The Hall–Kier alpha value is -0.910.